The Kier molecular flexibility index (Phi) is 6.96. The predicted octanol–water partition coefficient (Wildman–Crippen LogP) is 3.86. The van der Waals surface area contributed by atoms with Crippen LogP contribution in [0.3, 0.4) is 0 Å². The fourth-order valence-electron chi connectivity index (χ4n) is 4.02. The quantitative estimate of drug-likeness (QED) is 0.332. The van der Waals surface area contributed by atoms with Gasteiger partial charge in [-0.25, -0.2) is 15.0 Å². The van der Waals surface area contributed by atoms with E-state index in [-0.39, 0.29) is 6.42 Å². The number of likely N-dealkylation sites (N-methyl/N-ethyl adjacent to an activating group) is 1. The second-order valence-electron chi connectivity index (χ2n) is 8.17. The first-order valence-corrected chi connectivity index (χ1v) is 12.0. The highest BCUT2D eigenvalue weighted by molar-refractivity contribution is 6.34. The molecular formula is C23H20Cl3N7O3. The zero-order chi connectivity index (χ0) is 25.4. The molecule has 0 unspecified atom stereocenters. The molecule has 1 amide bonds. The maximum Gasteiger partial charge on any atom is 0.251 e. The van der Waals surface area contributed by atoms with Gasteiger partial charge in [0, 0.05) is 48.0 Å². The van der Waals surface area contributed by atoms with Crippen LogP contribution in [-0.4, -0.2) is 54.8 Å². The lowest BCUT2D eigenvalue weighted by atomic mass is 10.1. The van der Waals surface area contributed by atoms with Crippen LogP contribution < -0.4 is 10.6 Å². The minimum Gasteiger partial charge on any atom is -0.390 e. The molecular weight excluding hydrogens is 529 g/mol. The number of rotatable bonds is 6. The van der Waals surface area contributed by atoms with Gasteiger partial charge in [0.1, 0.15) is 6.23 Å². The van der Waals surface area contributed by atoms with E-state index in [4.69, 9.17) is 44.5 Å². The smallest absolute Gasteiger partial charge is 0.251 e. The van der Waals surface area contributed by atoms with Crippen molar-refractivity contribution in [1.29, 1.82) is 0 Å². The van der Waals surface area contributed by atoms with Gasteiger partial charge >= 0.3 is 0 Å². The highest BCUT2D eigenvalue weighted by Gasteiger charge is 2.40. The Balaban J connectivity index is 1.56. The van der Waals surface area contributed by atoms with Crippen molar-refractivity contribution in [2.75, 3.05) is 12.4 Å². The summed E-state index contributed by atoms with van der Waals surface area (Å²) in [5.74, 6) is 0.399. The van der Waals surface area contributed by atoms with Crippen molar-refractivity contribution in [1.82, 2.24) is 29.8 Å². The molecule has 36 heavy (non-hydrogen) atoms. The summed E-state index contributed by atoms with van der Waals surface area (Å²) in [6.45, 7) is 0.365. The van der Waals surface area contributed by atoms with Gasteiger partial charge in [0.15, 0.2) is 28.9 Å². The molecule has 10 nitrogen and oxygen atoms in total. The van der Waals surface area contributed by atoms with Crippen LogP contribution in [0.25, 0.3) is 22.6 Å². The Morgan fingerprint density at radius 3 is 2.64 bits per heavy atom. The van der Waals surface area contributed by atoms with Gasteiger partial charge in [-0.05, 0) is 29.8 Å². The number of hydrogen-bond acceptors (Lipinski definition) is 8. The maximum absolute atomic E-state index is 12.1. The number of aliphatic hydroxyl groups is 1. The maximum atomic E-state index is 12.1. The third-order valence-corrected chi connectivity index (χ3v) is 6.32. The summed E-state index contributed by atoms with van der Waals surface area (Å²) >= 11 is 18.4. The van der Waals surface area contributed by atoms with E-state index >= 15 is 0 Å². The van der Waals surface area contributed by atoms with Crippen LogP contribution in [0.15, 0.2) is 43.0 Å². The zero-order valence-electron chi connectivity index (χ0n) is 18.8. The van der Waals surface area contributed by atoms with Gasteiger partial charge in [-0.15, -0.1) is 0 Å². The molecule has 1 aliphatic heterocycles. The summed E-state index contributed by atoms with van der Waals surface area (Å²) < 4.78 is 7.53. The molecule has 5 rings (SSSR count). The second-order valence-corrected chi connectivity index (χ2v) is 9.48. The lowest BCUT2D eigenvalue weighted by Crippen LogP contribution is -2.38. The molecule has 0 bridgehead atoms. The highest BCUT2D eigenvalue weighted by atomic mass is 35.5. The number of pyridine rings is 1. The van der Waals surface area contributed by atoms with Crippen LogP contribution in [0, 0.1) is 0 Å². The van der Waals surface area contributed by atoms with Crippen molar-refractivity contribution in [3.8, 4) is 11.4 Å². The number of anilines is 1. The van der Waals surface area contributed by atoms with Crippen LogP contribution in [0.5, 0.6) is 0 Å². The van der Waals surface area contributed by atoms with E-state index in [1.807, 2.05) is 0 Å². The van der Waals surface area contributed by atoms with Gasteiger partial charge < -0.3 is 20.5 Å². The normalized spacial score (nSPS) is 19.5. The lowest BCUT2D eigenvalue weighted by molar-refractivity contribution is -0.137. The van der Waals surface area contributed by atoms with Gasteiger partial charge in [-0.3, -0.25) is 14.3 Å². The summed E-state index contributed by atoms with van der Waals surface area (Å²) in [4.78, 5) is 30.1. The van der Waals surface area contributed by atoms with E-state index in [0.717, 1.165) is 5.56 Å². The number of carbonyl (C=O) groups excluding carboxylic acids is 1. The molecule has 3 atom stereocenters. The van der Waals surface area contributed by atoms with Crippen LogP contribution >= 0.6 is 34.8 Å². The molecule has 4 heterocycles. The van der Waals surface area contributed by atoms with Gasteiger partial charge in [0.25, 0.3) is 5.91 Å². The topological polar surface area (TPSA) is 127 Å². The molecule has 13 heteroatoms. The van der Waals surface area contributed by atoms with E-state index in [9.17, 15) is 9.90 Å². The van der Waals surface area contributed by atoms with Crippen molar-refractivity contribution in [2.45, 2.75) is 31.4 Å². The SMILES string of the molecule is CNC(=O)[C@H]1O[C@@H](n2cnc3c(NCc4cc(Cl)cc(Cl)c4)nc(-c4cncc(Cl)c4)nc32)C[C@@H]1O. The molecule has 186 valence electrons. The summed E-state index contributed by atoms with van der Waals surface area (Å²) in [6, 6.07) is 6.95. The molecule has 0 radical (unpaired) electrons. The Bertz CT molecular complexity index is 1430. The number of nitrogens with zero attached hydrogens (tertiary/aromatic N) is 5. The van der Waals surface area contributed by atoms with E-state index in [1.54, 1.807) is 41.4 Å². The monoisotopic (exact) mass is 547 g/mol. The first-order chi connectivity index (χ1) is 17.3. The van der Waals surface area contributed by atoms with Crippen LogP contribution in [0.4, 0.5) is 5.82 Å². The average molecular weight is 549 g/mol. The van der Waals surface area contributed by atoms with Crippen molar-refractivity contribution in [2.24, 2.45) is 0 Å². The van der Waals surface area contributed by atoms with Crippen molar-refractivity contribution < 1.29 is 14.6 Å². The summed E-state index contributed by atoms with van der Waals surface area (Å²) in [5.41, 5.74) is 2.37. The zero-order valence-corrected chi connectivity index (χ0v) is 21.1. The molecule has 0 aliphatic carbocycles. The Morgan fingerprint density at radius 1 is 1.14 bits per heavy atom. The number of benzene rings is 1. The summed E-state index contributed by atoms with van der Waals surface area (Å²) in [6.07, 6.45) is 2.22. The van der Waals surface area contributed by atoms with Gasteiger partial charge in [-0.1, -0.05) is 34.8 Å². The minimum absolute atomic E-state index is 0.186. The minimum atomic E-state index is -0.999. The fraction of sp³-hybridized carbons (Fsp3) is 0.261. The molecule has 4 aromatic rings. The van der Waals surface area contributed by atoms with E-state index in [2.05, 4.69) is 25.6 Å². The summed E-state index contributed by atoms with van der Waals surface area (Å²) in [7, 11) is 1.49. The van der Waals surface area contributed by atoms with E-state index in [0.29, 0.717) is 50.0 Å². The Labute approximate surface area is 220 Å². The Morgan fingerprint density at radius 2 is 1.92 bits per heavy atom. The molecule has 3 aromatic heterocycles. The number of amides is 1. The van der Waals surface area contributed by atoms with Crippen molar-refractivity contribution in [3.05, 3.63) is 63.6 Å². The standard InChI is InChI=1S/C23H20Cl3N7O3/c1-27-23(35)19-16(34)6-17(36-19)33-10-30-18-21(29-7-11-2-13(24)5-14(25)3-11)31-20(32-22(18)33)12-4-15(26)9-28-8-12/h2-5,8-10,16-17,19,34H,6-7H2,1H3,(H,27,35)(H,29,31,32)/t16-,17+,19-/m0/s1. The molecule has 3 N–H and O–H groups in total. The number of nitrogens with one attached hydrogen (secondary N) is 2. The number of imidazole rings is 1. The molecule has 0 spiro atoms. The molecule has 1 aliphatic rings. The Hall–Kier alpha value is -3.02. The first-order valence-electron chi connectivity index (χ1n) is 10.9. The van der Waals surface area contributed by atoms with Crippen molar-refractivity contribution in [3.63, 3.8) is 0 Å². The number of aliphatic hydroxyl groups excluding tert-OH is 1. The number of halogens is 3. The summed E-state index contributed by atoms with van der Waals surface area (Å²) in [5, 5.41) is 17.6. The number of ether oxygens (including phenoxy) is 1. The van der Waals surface area contributed by atoms with Crippen LogP contribution in [-0.2, 0) is 16.1 Å². The predicted molar refractivity (Wildman–Crippen MR) is 136 cm³/mol. The number of aromatic nitrogens is 5. The molecule has 0 saturated carbocycles. The van der Waals surface area contributed by atoms with E-state index in [1.165, 1.54) is 13.2 Å². The lowest BCUT2D eigenvalue weighted by Gasteiger charge is -2.15. The second kappa shape index (κ2) is 10.2. The molecule has 1 aromatic carbocycles. The molecule has 1 saturated heterocycles. The van der Waals surface area contributed by atoms with Gasteiger partial charge in [-0.2, -0.15) is 0 Å². The number of fused-ring (bicyclic) bond motifs is 1. The van der Waals surface area contributed by atoms with Gasteiger partial charge in [0.05, 0.1) is 17.5 Å². The van der Waals surface area contributed by atoms with E-state index < -0.39 is 24.3 Å². The highest BCUT2D eigenvalue weighted by Crippen LogP contribution is 2.33. The van der Waals surface area contributed by atoms with Crippen LogP contribution in [0.2, 0.25) is 15.1 Å². The first kappa shape index (κ1) is 24.7. The van der Waals surface area contributed by atoms with Gasteiger partial charge in [0.2, 0.25) is 0 Å². The third-order valence-electron chi connectivity index (χ3n) is 5.68. The fourth-order valence-corrected chi connectivity index (χ4v) is 4.76. The average Bonchev–Trinajstić information content (AvgIpc) is 3.44. The van der Waals surface area contributed by atoms with Crippen LogP contribution in [0.1, 0.15) is 18.2 Å². The molecule has 1 fully saturated rings. The largest absolute Gasteiger partial charge is 0.390 e. The number of carbonyl (C=O) groups is 1. The van der Waals surface area contributed by atoms with Crippen molar-refractivity contribution >= 4 is 57.7 Å². The third kappa shape index (κ3) is 4.95. The number of hydrogen-bond donors (Lipinski definition) is 3.